The van der Waals surface area contributed by atoms with Crippen molar-refractivity contribution in [1.82, 2.24) is 0 Å². The fraction of sp³-hybridized carbons (Fsp3) is 0.138. The van der Waals surface area contributed by atoms with Crippen molar-refractivity contribution in [3.8, 4) is 11.8 Å². The molecule has 0 N–H and O–H groups in total. The highest BCUT2D eigenvalue weighted by Crippen LogP contribution is 2.36. The van der Waals surface area contributed by atoms with E-state index in [0.29, 0.717) is 22.9 Å². The van der Waals surface area contributed by atoms with E-state index >= 15 is 0 Å². The molecule has 0 saturated heterocycles. The Morgan fingerprint density at radius 2 is 1.67 bits per heavy atom. The van der Waals surface area contributed by atoms with E-state index in [2.05, 4.69) is 11.8 Å². The lowest BCUT2D eigenvalue weighted by Gasteiger charge is -2.20. The molecule has 0 saturated carbocycles. The first-order valence-corrected chi connectivity index (χ1v) is 12.9. The Kier molecular flexibility index (Phi) is 8.56. The summed E-state index contributed by atoms with van der Waals surface area (Å²) in [4.78, 5) is 23.6. The van der Waals surface area contributed by atoms with Crippen molar-refractivity contribution in [3.05, 3.63) is 111 Å². The molecule has 0 aromatic heterocycles. The smallest absolute Gasteiger partial charge is 0.338 e. The lowest BCUT2D eigenvalue weighted by Crippen LogP contribution is -2.16. The summed E-state index contributed by atoms with van der Waals surface area (Å²) in [5.74, 6) is 5.18. The van der Waals surface area contributed by atoms with Gasteiger partial charge in [0.15, 0.2) is 0 Å². The van der Waals surface area contributed by atoms with E-state index in [4.69, 9.17) is 9.47 Å². The number of rotatable bonds is 8. The van der Waals surface area contributed by atoms with Crippen LogP contribution in [0.15, 0.2) is 78.9 Å². The Hall–Kier alpha value is -4.72. The standard InChI is InChI=1S/C29H24N2O7S/c1-37-18-17-21-9-7-20(8-10-21)11-12-22-13-14-23(19-28(22)31(33)34)30(39(35)36)27-16-15-26(29(32)38-2)24-5-3-4-6-25(24)27/h3-10,13-16,19,39H,17-18H2,1-2H3. The fourth-order valence-corrected chi connectivity index (χ4v) is 4.76. The molecule has 198 valence electrons. The molecule has 0 aliphatic rings. The number of hydrogen-bond acceptors (Lipinski definition) is 7. The van der Waals surface area contributed by atoms with E-state index in [1.54, 1.807) is 31.4 Å². The summed E-state index contributed by atoms with van der Waals surface area (Å²) in [7, 11) is -0.370. The van der Waals surface area contributed by atoms with Crippen LogP contribution in [-0.4, -0.2) is 40.1 Å². The molecule has 39 heavy (non-hydrogen) atoms. The minimum atomic E-state index is -3.26. The zero-order chi connectivity index (χ0) is 27.9. The van der Waals surface area contributed by atoms with Crippen LogP contribution in [0.1, 0.15) is 27.0 Å². The molecule has 0 aliphatic heterocycles. The molecule has 0 heterocycles. The summed E-state index contributed by atoms with van der Waals surface area (Å²) in [6.45, 7) is 0.598. The predicted octanol–water partition coefficient (Wildman–Crippen LogP) is 4.79. The third-order valence-corrected chi connectivity index (χ3v) is 6.78. The van der Waals surface area contributed by atoms with Gasteiger partial charge < -0.3 is 9.47 Å². The lowest BCUT2D eigenvalue weighted by atomic mass is 10.0. The molecule has 4 rings (SSSR count). The number of nitro groups is 1. The van der Waals surface area contributed by atoms with Gasteiger partial charge in [0.1, 0.15) is 5.56 Å². The van der Waals surface area contributed by atoms with Gasteiger partial charge in [-0.2, -0.15) is 0 Å². The largest absolute Gasteiger partial charge is 0.465 e. The van der Waals surface area contributed by atoms with Crippen molar-refractivity contribution in [1.29, 1.82) is 0 Å². The number of benzene rings is 4. The highest BCUT2D eigenvalue weighted by molar-refractivity contribution is 7.74. The number of fused-ring (bicyclic) bond motifs is 1. The van der Waals surface area contributed by atoms with Gasteiger partial charge in [0.25, 0.3) is 5.69 Å². The molecule has 0 aliphatic carbocycles. The topological polar surface area (TPSA) is 116 Å². The number of carbonyl (C=O) groups excluding carboxylic acids is 1. The lowest BCUT2D eigenvalue weighted by molar-refractivity contribution is -0.385. The van der Waals surface area contributed by atoms with Crippen LogP contribution in [0.2, 0.25) is 0 Å². The highest BCUT2D eigenvalue weighted by atomic mass is 32.2. The maximum atomic E-state index is 12.5. The molecule has 4 aromatic rings. The number of methoxy groups -OCH3 is 2. The first-order chi connectivity index (χ1) is 18.8. The monoisotopic (exact) mass is 544 g/mol. The second-order valence-electron chi connectivity index (χ2n) is 8.37. The zero-order valence-electron chi connectivity index (χ0n) is 21.1. The van der Waals surface area contributed by atoms with Crippen LogP contribution in [0.3, 0.4) is 0 Å². The molecular formula is C29H24N2O7S. The summed E-state index contributed by atoms with van der Waals surface area (Å²) < 4.78 is 35.8. The Morgan fingerprint density at radius 1 is 0.949 bits per heavy atom. The number of esters is 1. The van der Waals surface area contributed by atoms with E-state index in [9.17, 15) is 23.3 Å². The Balaban J connectivity index is 1.75. The highest BCUT2D eigenvalue weighted by Gasteiger charge is 2.22. The average Bonchev–Trinajstić information content (AvgIpc) is 2.95. The molecule has 0 amide bonds. The van der Waals surface area contributed by atoms with Crippen molar-refractivity contribution in [2.75, 3.05) is 25.1 Å². The van der Waals surface area contributed by atoms with Crippen LogP contribution in [0.5, 0.6) is 0 Å². The molecule has 0 atom stereocenters. The molecule has 0 bridgehead atoms. The van der Waals surface area contributed by atoms with Crippen molar-refractivity contribution in [2.45, 2.75) is 6.42 Å². The molecule has 0 spiro atoms. The first kappa shape index (κ1) is 27.3. The zero-order valence-corrected chi connectivity index (χ0v) is 22.0. The number of anilines is 2. The Bertz CT molecular complexity index is 1680. The maximum Gasteiger partial charge on any atom is 0.338 e. The quantitative estimate of drug-likeness (QED) is 0.111. The Labute approximate surface area is 226 Å². The number of thiol groups is 1. The van der Waals surface area contributed by atoms with Crippen LogP contribution in [0, 0.1) is 22.0 Å². The molecule has 0 unspecified atom stereocenters. The first-order valence-electron chi connectivity index (χ1n) is 11.8. The predicted molar refractivity (Wildman–Crippen MR) is 149 cm³/mol. The van der Waals surface area contributed by atoms with E-state index in [-0.39, 0.29) is 28.2 Å². The van der Waals surface area contributed by atoms with Gasteiger partial charge in [-0.25, -0.2) is 17.5 Å². The van der Waals surface area contributed by atoms with Gasteiger partial charge in [-0.3, -0.25) is 10.1 Å². The summed E-state index contributed by atoms with van der Waals surface area (Å²) >= 11 is 0. The molecule has 4 aromatic carbocycles. The normalized spacial score (nSPS) is 10.6. The number of nitrogens with zero attached hydrogens (tertiary/aromatic N) is 2. The van der Waals surface area contributed by atoms with Gasteiger partial charge in [0, 0.05) is 24.1 Å². The summed E-state index contributed by atoms with van der Waals surface area (Å²) in [5.41, 5.74) is 2.11. The minimum absolute atomic E-state index is 0.0572. The molecule has 9 nitrogen and oxygen atoms in total. The molecular weight excluding hydrogens is 520 g/mol. The average molecular weight is 545 g/mol. The molecule has 0 radical (unpaired) electrons. The van der Waals surface area contributed by atoms with E-state index in [1.807, 2.05) is 24.3 Å². The summed E-state index contributed by atoms with van der Waals surface area (Å²) in [6, 6.07) is 21.2. The van der Waals surface area contributed by atoms with E-state index in [0.717, 1.165) is 16.3 Å². The fourth-order valence-electron chi connectivity index (χ4n) is 4.10. The van der Waals surface area contributed by atoms with E-state index < -0.39 is 21.8 Å². The van der Waals surface area contributed by atoms with Crippen LogP contribution in [0.4, 0.5) is 17.1 Å². The number of ether oxygens (including phenoxy) is 2. The molecule has 0 fully saturated rings. The van der Waals surface area contributed by atoms with Gasteiger partial charge in [0.2, 0.25) is 10.9 Å². The number of hydrogen-bond donors (Lipinski definition) is 1. The van der Waals surface area contributed by atoms with Crippen molar-refractivity contribution in [2.24, 2.45) is 0 Å². The van der Waals surface area contributed by atoms with Gasteiger partial charge >= 0.3 is 5.97 Å². The number of carbonyl (C=O) groups is 1. The second kappa shape index (κ2) is 12.2. The van der Waals surface area contributed by atoms with Crippen LogP contribution < -0.4 is 4.31 Å². The maximum absolute atomic E-state index is 12.5. The third-order valence-electron chi connectivity index (χ3n) is 6.01. The van der Waals surface area contributed by atoms with E-state index in [1.165, 1.54) is 37.4 Å². The van der Waals surface area contributed by atoms with Crippen LogP contribution in [0.25, 0.3) is 10.8 Å². The summed E-state index contributed by atoms with van der Waals surface area (Å²) in [5, 5.41) is 12.9. The second-order valence-corrected chi connectivity index (χ2v) is 9.24. The van der Waals surface area contributed by atoms with Gasteiger partial charge in [-0.05, 0) is 53.8 Å². The summed E-state index contributed by atoms with van der Waals surface area (Å²) in [6.07, 6.45) is 0.760. The van der Waals surface area contributed by atoms with Crippen LogP contribution >= 0.6 is 0 Å². The van der Waals surface area contributed by atoms with Crippen molar-refractivity contribution >= 4 is 44.7 Å². The van der Waals surface area contributed by atoms with Crippen molar-refractivity contribution < 1.29 is 27.6 Å². The van der Waals surface area contributed by atoms with Gasteiger partial charge in [-0.15, -0.1) is 0 Å². The van der Waals surface area contributed by atoms with Gasteiger partial charge in [0.05, 0.1) is 35.6 Å². The SMILES string of the molecule is COCCc1ccc(C#Cc2ccc(N(c3ccc(C(=O)OC)c4ccccc34)[SH](=O)=O)cc2[N+](=O)[O-])cc1. The van der Waals surface area contributed by atoms with Crippen LogP contribution in [-0.2, 0) is 26.8 Å². The minimum Gasteiger partial charge on any atom is -0.465 e. The van der Waals surface area contributed by atoms with Crippen molar-refractivity contribution in [3.63, 3.8) is 0 Å². The Morgan fingerprint density at radius 3 is 2.31 bits per heavy atom. The van der Waals surface area contributed by atoms with Gasteiger partial charge in [-0.1, -0.05) is 48.2 Å². The molecule has 10 heteroatoms. The number of nitro benzene ring substituents is 1. The third kappa shape index (κ3) is 6.06.